The second-order valence-corrected chi connectivity index (χ2v) is 5.32. The quantitative estimate of drug-likeness (QED) is 0.591. The van der Waals surface area contributed by atoms with Gasteiger partial charge in [-0.05, 0) is 37.5 Å². The summed E-state index contributed by atoms with van der Waals surface area (Å²) in [6, 6.07) is 0. The maximum Gasteiger partial charge on any atom is -0.0130 e. The van der Waals surface area contributed by atoms with Crippen molar-refractivity contribution in [2.75, 3.05) is 0 Å². The normalized spacial score (nSPS) is 16.4. The summed E-state index contributed by atoms with van der Waals surface area (Å²) in [4.78, 5) is 0. The average Bonchev–Trinajstić information content (AvgIpc) is 2.47. The van der Waals surface area contributed by atoms with Crippen molar-refractivity contribution in [2.45, 2.75) is 53.4 Å². The topological polar surface area (TPSA) is 0 Å². The first-order chi connectivity index (χ1) is 6.58. The van der Waals surface area contributed by atoms with Crippen LogP contribution in [0, 0.1) is 11.8 Å². The highest BCUT2D eigenvalue weighted by Crippen LogP contribution is 2.26. The molecular formula is C14H24. The lowest BCUT2D eigenvalue weighted by Gasteiger charge is -2.05. The first-order valence-electron chi connectivity index (χ1n) is 5.96. The molecule has 80 valence electrons. The van der Waals surface area contributed by atoms with Gasteiger partial charge in [0.25, 0.3) is 0 Å². The maximum absolute atomic E-state index is 2.43. The van der Waals surface area contributed by atoms with Gasteiger partial charge in [0, 0.05) is 0 Å². The molecule has 0 aromatic carbocycles. The van der Waals surface area contributed by atoms with Gasteiger partial charge >= 0.3 is 0 Å². The number of allylic oxidation sites excluding steroid dienone is 4. The Labute approximate surface area is 89.1 Å². The predicted octanol–water partition coefficient (Wildman–Crippen LogP) is 4.73. The third-order valence-corrected chi connectivity index (χ3v) is 2.70. The highest BCUT2D eigenvalue weighted by Gasteiger charge is 2.08. The average molecular weight is 192 g/mol. The first kappa shape index (κ1) is 11.6. The molecule has 0 unspecified atom stereocenters. The summed E-state index contributed by atoms with van der Waals surface area (Å²) >= 11 is 0. The van der Waals surface area contributed by atoms with Crippen molar-refractivity contribution in [1.29, 1.82) is 0 Å². The molecule has 0 aliphatic heterocycles. The fourth-order valence-electron chi connectivity index (χ4n) is 1.90. The third kappa shape index (κ3) is 4.13. The Morgan fingerprint density at radius 3 is 2.43 bits per heavy atom. The van der Waals surface area contributed by atoms with E-state index >= 15 is 0 Å². The Morgan fingerprint density at radius 2 is 1.86 bits per heavy atom. The van der Waals surface area contributed by atoms with E-state index in [4.69, 9.17) is 0 Å². The van der Waals surface area contributed by atoms with Gasteiger partial charge in [-0.1, -0.05) is 51.0 Å². The zero-order valence-corrected chi connectivity index (χ0v) is 10.1. The van der Waals surface area contributed by atoms with Crippen molar-refractivity contribution >= 4 is 0 Å². The molecule has 1 aliphatic carbocycles. The largest absolute Gasteiger partial charge is 0.0772 e. The summed E-state index contributed by atoms with van der Waals surface area (Å²) in [6.45, 7) is 9.19. The smallest absolute Gasteiger partial charge is 0.0130 e. The molecule has 0 spiro atoms. The van der Waals surface area contributed by atoms with E-state index in [1.807, 2.05) is 0 Å². The molecular weight excluding hydrogens is 168 g/mol. The Kier molecular flexibility index (Phi) is 4.44. The van der Waals surface area contributed by atoms with Gasteiger partial charge in [-0.25, -0.2) is 0 Å². The monoisotopic (exact) mass is 192 g/mol. The molecule has 0 N–H and O–H groups in total. The van der Waals surface area contributed by atoms with Crippen LogP contribution in [0.25, 0.3) is 0 Å². The van der Waals surface area contributed by atoms with Crippen LogP contribution in [-0.2, 0) is 0 Å². The summed E-state index contributed by atoms with van der Waals surface area (Å²) < 4.78 is 0. The molecule has 0 aromatic rings. The van der Waals surface area contributed by atoms with Crippen LogP contribution in [-0.4, -0.2) is 0 Å². The summed E-state index contributed by atoms with van der Waals surface area (Å²) in [5, 5.41) is 0. The van der Waals surface area contributed by atoms with E-state index in [0.29, 0.717) is 0 Å². The highest BCUT2D eigenvalue weighted by atomic mass is 14.1. The summed E-state index contributed by atoms with van der Waals surface area (Å²) in [5.74, 6) is 1.63. The van der Waals surface area contributed by atoms with Gasteiger partial charge in [-0.15, -0.1) is 0 Å². The molecule has 0 nitrogen and oxygen atoms in total. The lowest BCUT2D eigenvalue weighted by atomic mass is 10.0. The van der Waals surface area contributed by atoms with E-state index in [9.17, 15) is 0 Å². The molecule has 0 heteroatoms. The van der Waals surface area contributed by atoms with Crippen LogP contribution < -0.4 is 0 Å². The van der Waals surface area contributed by atoms with Crippen molar-refractivity contribution in [3.63, 3.8) is 0 Å². The summed E-state index contributed by atoms with van der Waals surface area (Å²) in [5.41, 5.74) is 3.22. The second kappa shape index (κ2) is 5.38. The third-order valence-electron chi connectivity index (χ3n) is 2.70. The van der Waals surface area contributed by atoms with Gasteiger partial charge in [-0.2, -0.15) is 0 Å². The Balaban J connectivity index is 2.32. The molecule has 0 fully saturated rings. The van der Waals surface area contributed by atoms with Gasteiger partial charge in [0.05, 0.1) is 0 Å². The van der Waals surface area contributed by atoms with Gasteiger partial charge < -0.3 is 0 Å². The van der Waals surface area contributed by atoms with Crippen LogP contribution in [0.1, 0.15) is 53.4 Å². The van der Waals surface area contributed by atoms with Gasteiger partial charge in [0.1, 0.15) is 0 Å². The number of hydrogen-bond donors (Lipinski definition) is 0. The Hall–Kier alpha value is -0.520. The number of hydrogen-bond acceptors (Lipinski definition) is 0. The van der Waals surface area contributed by atoms with Crippen molar-refractivity contribution in [2.24, 2.45) is 11.8 Å². The summed E-state index contributed by atoms with van der Waals surface area (Å²) in [6.07, 6.45) is 9.96. The Bertz CT molecular complexity index is 228. The van der Waals surface area contributed by atoms with Crippen LogP contribution in [0.2, 0.25) is 0 Å². The SMILES string of the molecule is CC(C)CCC1=CC(CC(C)C)=CC1. The molecule has 0 radical (unpaired) electrons. The zero-order chi connectivity index (χ0) is 10.6. The fourth-order valence-corrected chi connectivity index (χ4v) is 1.90. The van der Waals surface area contributed by atoms with Crippen LogP contribution in [0.3, 0.4) is 0 Å². The lowest BCUT2D eigenvalue weighted by Crippen LogP contribution is -1.89. The molecule has 0 saturated heterocycles. The van der Waals surface area contributed by atoms with Crippen LogP contribution >= 0.6 is 0 Å². The standard InChI is InChI=1S/C14H24/c1-11(2)5-6-13-7-8-14(10-13)9-12(3)4/h8,10-12H,5-7,9H2,1-4H3. The Morgan fingerprint density at radius 1 is 1.14 bits per heavy atom. The second-order valence-electron chi connectivity index (χ2n) is 5.32. The van der Waals surface area contributed by atoms with Crippen molar-refractivity contribution < 1.29 is 0 Å². The van der Waals surface area contributed by atoms with E-state index in [0.717, 1.165) is 11.8 Å². The maximum atomic E-state index is 2.43. The molecule has 1 aliphatic rings. The predicted molar refractivity (Wildman–Crippen MR) is 64.3 cm³/mol. The van der Waals surface area contributed by atoms with E-state index in [2.05, 4.69) is 39.8 Å². The van der Waals surface area contributed by atoms with E-state index in [1.165, 1.54) is 25.7 Å². The van der Waals surface area contributed by atoms with Crippen LogP contribution in [0.15, 0.2) is 23.3 Å². The zero-order valence-electron chi connectivity index (χ0n) is 10.1. The number of rotatable bonds is 5. The van der Waals surface area contributed by atoms with Gasteiger partial charge in [0.2, 0.25) is 0 Å². The highest BCUT2D eigenvalue weighted by molar-refractivity contribution is 5.32. The van der Waals surface area contributed by atoms with E-state index < -0.39 is 0 Å². The minimum Gasteiger partial charge on any atom is -0.0772 e. The molecule has 0 aromatic heterocycles. The van der Waals surface area contributed by atoms with Crippen molar-refractivity contribution in [1.82, 2.24) is 0 Å². The van der Waals surface area contributed by atoms with E-state index in [1.54, 1.807) is 11.1 Å². The molecule has 0 saturated carbocycles. The molecule has 0 heterocycles. The molecule has 1 rings (SSSR count). The van der Waals surface area contributed by atoms with E-state index in [-0.39, 0.29) is 0 Å². The molecule has 0 amide bonds. The lowest BCUT2D eigenvalue weighted by molar-refractivity contribution is 0.582. The summed E-state index contributed by atoms with van der Waals surface area (Å²) in [7, 11) is 0. The van der Waals surface area contributed by atoms with Gasteiger partial charge in [-0.3, -0.25) is 0 Å². The fraction of sp³-hybridized carbons (Fsp3) is 0.714. The molecule has 0 atom stereocenters. The van der Waals surface area contributed by atoms with Gasteiger partial charge in [0.15, 0.2) is 0 Å². The minimum atomic E-state index is 0.793. The minimum absolute atomic E-state index is 0.793. The van der Waals surface area contributed by atoms with Crippen molar-refractivity contribution in [3.8, 4) is 0 Å². The van der Waals surface area contributed by atoms with Crippen LogP contribution in [0.5, 0.6) is 0 Å². The van der Waals surface area contributed by atoms with Crippen LogP contribution in [0.4, 0.5) is 0 Å². The molecule has 14 heavy (non-hydrogen) atoms. The first-order valence-corrected chi connectivity index (χ1v) is 5.96. The van der Waals surface area contributed by atoms with Crippen molar-refractivity contribution in [3.05, 3.63) is 23.3 Å². The molecule has 0 bridgehead atoms.